The number of carboxylic acid groups (broad SMARTS) is 1. The third-order valence-electron chi connectivity index (χ3n) is 6.71. The molecule has 2 atom stereocenters. The summed E-state index contributed by atoms with van der Waals surface area (Å²) >= 11 is 0. The molecule has 0 bridgehead atoms. The molecular weight excluding hydrogens is 448 g/mol. The van der Waals surface area contributed by atoms with Gasteiger partial charge in [-0.2, -0.15) is 0 Å². The van der Waals surface area contributed by atoms with Gasteiger partial charge in [-0.1, -0.05) is 48.5 Å². The Morgan fingerprint density at radius 3 is 2.34 bits per heavy atom. The number of benzene rings is 2. The fraction of sp³-hybridized carbons (Fsp3) is 0.444. The number of aliphatic carboxylic acids is 1. The van der Waals surface area contributed by atoms with Crippen molar-refractivity contribution >= 4 is 18.0 Å². The average molecular weight is 481 g/mol. The highest BCUT2D eigenvalue weighted by atomic mass is 16.5. The first kappa shape index (κ1) is 24.7. The lowest BCUT2D eigenvalue weighted by molar-refractivity contribution is -0.141. The Labute approximate surface area is 205 Å². The van der Waals surface area contributed by atoms with E-state index in [1.54, 1.807) is 11.9 Å². The van der Waals surface area contributed by atoms with Crippen molar-refractivity contribution in [3.63, 3.8) is 0 Å². The van der Waals surface area contributed by atoms with Crippen molar-refractivity contribution in [1.29, 1.82) is 0 Å². The Kier molecular flexibility index (Phi) is 8.02. The zero-order valence-corrected chi connectivity index (χ0v) is 19.9. The molecule has 0 radical (unpaired) electrons. The van der Waals surface area contributed by atoms with E-state index >= 15 is 0 Å². The van der Waals surface area contributed by atoms with Gasteiger partial charge in [-0.3, -0.25) is 9.59 Å². The summed E-state index contributed by atoms with van der Waals surface area (Å²) < 4.78 is 11.4. The zero-order valence-electron chi connectivity index (χ0n) is 19.9. The minimum absolute atomic E-state index is 0.00363. The fourth-order valence-electron chi connectivity index (χ4n) is 4.87. The van der Waals surface area contributed by atoms with Crippen LogP contribution < -0.4 is 5.32 Å². The minimum Gasteiger partial charge on any atom is -0.481 e. The van der Waals surface area contributed by atoms with E-state index in [0.29, 0.717) is 32.2 Å². The Morgan fingerprint density at radius 2 is 1.69 bits per heavy atom. The average Bonchev–Trinajstić information content (AvgIpc) is 3.46. The molecule has 1 aliphatic heterocycles. The quantitative estimate of drug-likeness (QED) is 0.502. The molecule has 4 rings (SSSR count). The number of carbonyl (C=O) groups is 3. The van der Waals surface area contributed by atoms with Crippen LogP contribution in [0.4, 0.5) is 4.79 Å². The highest BCUT2D eigenvalue weighted by Gasteiger charge is 2.33. The van der Waals surface area contributed by atoms with Gasteiger partial charge in [-0.05, 0) is 47.9 Å². The molecule has 2 amide bonds. The van der Waals surface area contributed by atoms with Crippen LogP contribution in [0.3, 0.4) is 0 Å². The predicted octanol–water partition coefficient (Wildman–Crippen LogP) is 3.79. The number of likely N-dealkylation sites (N-methyl/N-ethyl adjacent to an activating group) is 1. The number of hydrogen-bond donors (Lipinski definition) is 2. The first-order valence-electron chi connectivity index (χ1n) is 12.1. The molecule has 1 saturated heterocycles. The number of amides is 2. The maximum atomic E-state index is 12.6. The lowest BCUT2D eigenvalue weighted by Gasteiger charge is -2.21. The van der Waals surface area contributed by atoms with Gasteiger partial charge in [0.15, 0.2) is 0 Å². The smallest absolute Gasteiger partial charge is 0.407 e. The standard InChI is InChI=1S/C27H32N2O6/c1-29(15-7-6-12-25(30)31)26(32)24-14-13-18(35-24)16-28-27(33)34-17-23-21-10-4-2-8-19(21)20-9-3-5-11-22(20)23/h2-5,8-11,18,23-24H,6-7,12-17H2,1H3,(H,28,33)(H,30,31). The molecule has 35 heavy (non-hydrogen) atoms. The summed E-state index contributed by atoms with van der Waals surface area (Å²) in [6.45, 7) is 1.02. The van der Waals surface area contributed by atoms with Crippen molar-refractivity contribution in [2.24, 2.45) is 0 Å². The fourth-order valence-corrected chi connectivity index (χ4v) is 4.87. The van der Waals surface area contributed by atoms with Gasteiger partial charge in [-0.25, -0.2) is 4.79 Å². The van der Waals surface area contributed by atoms with Crippen molar-refractivity contribution in [3.8, 4) is 11.1 Å². The molecule has 2 N–H and O–H groups in total. The number of ether oxygens (including phenoxy) is 2. The zero-order chi connectivity index (χ0) is 24.8. The molecule has 0 saturated carbocycles. The number of rotatable bonds is 10. The molecule has 0 aromatic heterocycles. The van der Waals surface area contributed by atoms with Crippen molar-refractivity contribution in [2.45, 2.75) is 50.2 Å². The van der Waals surface area contributed by atoms with E-state index in [9.17, 15) is 14.4 Å². The number of nitrogens with zero attached hydrogens (tertiary/aromatic N) is 1. The minimum atomic E-state index is -0.829. The summed E-state index contributed by atoms with van der Waals surface area (Å²) in [5, 5.41) is 11.5. The second-order valence-corrected chi connectivity index (χ2v) is 9.14. The van der Waals surface area contributed by atoms with Gasteiger partial charge in [0.25, 0.3) is 5.91 Å². The lowest BCUT2D eigenvalue weighted by atomic mass is 9.98. The second-order valence-electron chi connectivity index (χ2n) is 9.14. The molecule has 8 nitrogen and oxygen atoms in total. The number of alkyl carbamates (subject to hydrolysis) is 1. The van der Waals surface area contributed by atoms with E-state index in [1.165, 1.54) is 11.1 Å². The number of fused-ring (bicyclic) bond motifs is 3. The van der Waals surface area contributed by atoms with Crippen LogP contribution in [0.25, 0.3) is 11.1 Å². The summed E-state index contributed by atoms with van der Waals surface area (Å²) in [5.41, 5.74) is 4.68. The Hall–Kier alpha value is -3.39. The van der Waals surface area contributed by atoms with Gasteiger partial charge in [0.2, 0.25) is 0 Å². The lowest BCUT2D eigenvalue weighted by Crippen LogP contribution is -2.38. The summed E-state index contributed by atoms with van der Waals surface area (Å²) in [6.07, 6.45) is 1.26. The molecule has 2 aliphatic rings. The number of nitrogens with one attached hydrogen (secondary N) is 1. The van der Waals surface area contributed by atoms with E-state index in [4.69, 9.17) is 14.6 Å². The molecule has 2 unspecified atom stereocenters. The largest absolute Gasteiger partial charge is 0.481 e. The van der Waals surface area contributed by atoms with Crippen LogP contribution in [-0.2, 0) is 19.1 Å². The highest BCUT2D eigenvalue weighted by molar-refractivity contribution is 5.81. The van der Waals surface area contributed by atoms with Gasteiger partial charge in [0.1, 0.15) is 12.7 Å². The van der Waals surface area contributed by atoms with Crippen molar-refractivity contribution in [3.05, 3.63) is 59.7 Å². The second kappa shape index (κ2) is 11.4. The number of carboxylic acids is 1. The molecule has 0 spiro atoms. The first-order chi connectivity index (χ1) is 16.9. The molecule has 186 valence electrons. The summed E-state index contributed by atoms with van der Waals surface area (Å²) in [6, 6.07) is 16.4. The number of hydrogen-bond acceptors (Lipinski definition) is 5. The normalized spacial score (nSPS) is 18.5. The topological polar surface area (TPSA) is 105 Å². The van der Waals surface area contributed by atoms with Gasteiger partial charge in [0, 0.05) is 32.5 Å². The molecule has 1 aliphatic carbocycles. The Bertz CT molecular complexity index is 1030. The Balaban J connectivity index is 1.20. The van der Waals surface area contributed by atoms with Gasteiger partial charge >= 0.3 is 12.1 Å². The molecule has 2 aromatic carbocycles. The predicted molar refractivity (Wildman–Crippen MR) is 130 cm³/mol. The van der Waals surface area contributed by atoms with E-state index in [-0.39, 0.29) is 37.5 Å². The van der Waals surface area contributed by atoms with E-state index in [0.717, 1.165) is 11.1 Å². The van der Waals surface area contributed by atoms with Crippen LogP contribution in [0.15, 0.2) is 48.5 Å². The van der Waals surface area contributed by atoms with Crippen molar-refractivity contribution in [2.75, 3.05) is 26.7 Å². The van der Waals surface area contributed by atoms with E-state index in [2.05, 4.69) is 29.6 Å². The molecule has 2 aromatic rings. The highest BCUT2D eigenvalue weighted by Crippen LogP contribution is 2.44. The molecule has 1 fully saturated rings. The van der Waals surface area contributed by atoms with Crippen molar-refractivity contribution < 1.29 is 29.0 Å². The molecule has 8 heteroatoms. The van der Waals surface area contributed by atoms with Crippen molar-refractivity contribution in [1.82, 2.24) is 10.2 Å². The Morgan fingerprint density at radius 1 is 1.03 bits per heavy atom. The van der Waals surface area contributed by atoms with Gasteiger partial charge < -0.3 is 24.8 Å². The third kappa shape index (κ3) is 6.00. The monoisotopic (exact) mass is 480 g/mol. The SMILES string of the molecule is CN(CCCCC(=O)O)C(=O)C1CCC(CNC(=O)OCC2c3ccccc3-c3ccccc32)O1. The van der Waals surface area contributed by atoms with Crippen LogP contribution in [0.5, 0.6) is 0 Å². The number of unbranched alkanes of at least 4 members (excludes halogenated alkanes) is 1. The molecule has 1 heterocycles. The van der Waals surface area contributed by atoms with Crippen LogP contribution in [0.2, 0.25) is 0 Å². The third-order valence-corrected chi connectivity index (χ3v) is 6.71. The summed E-state index contributed by atoms with van der Waals surface area (Å²) in [5.74, 6) is -0.933. The first-order valence-corrected chi connectivity index (χ1v) is 12.1. The summed E-state index contributed by atoms with van der Waals surface area (Å²) in [4.78, 5) is 37.2. The van der Waals surface area contributed by atoms with Gasteiger partial charge in [-0.15, -0.1) is 0 Å². The van der Waals surface area contributed by atoms with Crippen LogP contribution >= 0.6 is 0 Å². The maximum absolute atomic E-state index is 12.6. The number of carbonyl (C=O) groups excluding carboxylic acids is 2. The van der Waals surface area contributed by atoms with Crippen LogP contribution in [-0.4, -0.2) is 66.9 Å². The maximum Gasteiger partial charge on any atom is 0.407 e. The van der Waals surface area contributed by atoms with Gasteiger partial charge in [0.05, 0.1) is 6.10 Å². The van der Waals surface area contributed by atoms with E-state index in [1.807, 2.05) is 24.3 Å². The van der Waals surface area contributed by atoms with E-state index < -0.39 is 18.2 Å². The summed E-state index contributed by atoms with van der Waals surface area (Å²) in [7, 11) is 1.70. The van der Waals surface area contributed by atoms with Crippen LogP contribution in [0.1, 0.15) is 49.1 Å². The van der Waals surface area contributed by atoms with Crippen LogP contribution in [0, 0.1) is 0 Å². The molecular formula is C27H32N2O6.